The summed E-state index contributed by atoms with van der Waals surface area (Å²) in [5.74, 6) is 0.831. The Morgan fingerprint density at radius 3 is 2.43 bits per heavy atom. The van der Waals surface area contributed by atoms with Crippen LogP contribution in [-0.4, -0.2) is 25.9 Å². The van der Waals surface area contributed by atoms with Gasteiger partial charge in [0.25, 0.3) is 0 Å². The quantitative estimate of drug-likeness (QED) is 0.637. The van der Waals surface area contributed by atoms with Crippen LogP contribution in [0.4, 0.5) is 0 Å². The molecule has 1 nitrogen and oxygen atoms in total. The molecule has 2 radical (unpaired) electrons. The number of hydrogen-bond donors (Lipinski definition) is 0. The van der Waals surface area contributed by atoms with E-state index in [-0.39, 0.29) is 0 Å². The largest absolute Gasteiger partial charge is 0.353 e. The van der Waals surface area contributed by atoms with Crippen molar-refractivity contribution in [1.29, 1.82) is 0 Å². The van der Waals surface area contributed by atoms with Crippen LogP contribution < -0.4 is 0 Å². The Labute approximate surface area is 87.5 Å². The molecule has 0 unspecified atom stereocenters. The molecular formula is C12H16BN. The van der Waals surface area contributed by atoms with E-state index in [1.807, 2.05) is 4.81 Å². The number of piperidine rings is 1. The van der Waals surface area contributed by atoms with Crippen LogP contribution in [0.2, 0.25) is 0 Å². The van der Waals surface area contributed by atoms with E-state index < -0.39 is 0 Å². The highest BCUT2D eigenvalue weighted by Gasteiger charge is 2.16. The Balaban J connectivity index is 1.87. The molecule has 2 rings (SSSR count). The highest BCUT2D eigenvalue weighted by molar-refractivity contribution is 6.04. The van der Waals surface area contributed by atoms with Crippen LogP contribution in [0.3, 0.4) is 0 Å². The van der Waals surface area contributed by atoms with Crippen molar-refractivity contribution in [3.8, 4) is 0 Å². The lowest BCUT2D eigenvalue weighted by atomic mass is 9.89. The molecule has 0 bridgehead atoms. The van der Waals surface area contributed by atoms with Crippen LogP contribution in [0.25, 0.3) is 0 Å². The Morgan fingerprint density at radius 1 is 1.14 bits per heavy atom. The van der Waals surface area contributed by atoms with Crippen LogP contribution in [-0.2, 0) is 6.42 Å². The molecule has 0 N–H and O–H groups in total. The van der Waals surface area contributed by atoms with Crippen LogP contribution in [0, 0.1) is 5.92 Å². The second-order valence-corrected chi connectivity index (χ2v) is 4.17. The van der Waals surface area contributed by atoms with Gasteiger partial charge in [-0.25, -0.2) is 0 Å². The molecule has 1 aliphatic heterocycles. The predicted octanol–water partition coefficient (Wildman–Crippen LogP) is 2.02. The maximum absolute atomic E-state index is 5.72. The van der Waals surface area contributed by atoms with Crippen molar-refractivity contribution >= 4 is 7.98 Å². The van der Waals surface area contributed by atoms with Gasteiger partial charge < -0.3 is 4.81 Å². The number of benzene rings is 1. The lowest BCUT2D eigenvalue weighted by Crippen LogP contribution is -2.32. The van der Waals surface area contributed by atoms with Gasteiger partial charge in [0.15, 0.2) is 7.98 Å². The van der Waals surface area contributed by atoms with Crippen molar-refractivity contribution in [2.75, 3.05) is 13.1 Å². The van der Waals surface area contributed by atoms with Crippen LogP contribution >= 0.6 is 0 Å². The summed E-state index contributed by atoms with van der Waals surface area (Å²) in [6, 6.07) is 10.7. The summed E-state index contributed by atoms with van der Waals surface area (Å²) < 4.78 is 0. The maximum Gasteiger partial charge on any atom is 0.182 e. The highest BCUT2D eigenvalue weighted by atomic mass is 15.0. The molecule has 0 aromatic heterocycles. The number of hydrogen-bond acceptors (Lipinski definition) is 1. The fraction of sp³-hybridized carbons (Fsp3) is 0.500. The first-order valence-electron chi connectivity index (χ1n) is 5.38. The minimum absolute atomic E-state index is 0.831. The third-order valence-electron chi connectivity index (χ3n) is 3.02. The normalized spacial score (nSPS) is 19.7. The topological polar surface area (TPSA) is 3.24 Å². The lowest BCUT2D eigenvalue weighted by molar-refractivity contribution is 0.281. The molecule has 0 amide bonds. The van der Waals surface area contributed by atoms with Crippen molar-refractivity contribution < 1.29 is 0 Å². The van der Waals surface area contributed by atoms with E-state index in [0.29, 0.717) is 0 Å². The maximum atomic E-state index is 5.72. The molecule has 1 saturated heterocycles. The van der Waals surface area contributed by atoms with Gasteiger partial charge in [0, 0.05) is 0 Å². The molecule has 0 aliphatic carbocycles. The summed E-state index contributed by atoms with van der Waals surface area (Å²) in [7, 11) is 5.72. The zero-order valence-electron chi connectivity index (χ0n) is 8.52. The van der Waals surface area contributed by atoms with Crippen molar-refractivity contribution in [2.45, 2.75) is 19.3 Å². The molecule has 0 atom stereocenters. The lowest BCUT2D eigenvalue weighted by Gasteiger charge is -2.29. The standard InChI is InChI=1S/C12H16BN/c13-14-8-6-12(7-9-14)10-11-4-2-1-3-5-11/h1-5,12H,6-10H2. The molecule has 1 aliphatic rings. The summed E-state index contributed by atoms with van der Waals surface area (Å²) in [5.41, 5.74) is 1.46. The Hall–Kier alpha value is -0.755. The van der Waals surface area contributed by atoms with Gasteiger partial charge in [-0.2, -0.15) is 0 Å². The van der Waals surface area contributed by atoms with E-state index in [2.05, 4.69) is 30.3 Å². The molecule has 1 fully saturated rings. The Bertz CT molecular complexity index is 265. The first kappa shape index (κ1) is 9.79. The summed E-state index contributed by atoms with van der Waals surface area (Å²) in [6.07, 6.45) is 3.70. The second-order valence-electron chi connectivity index (χ2n) is 4.17. The van der Waals surface area contributed by atoms with Crippen molar-refractivity contribution in [2.24, 2.45) is 5.92 Å². The predicted molar refractivity (Wildman–Crippen MR) is 60.2 cm³/mol. The summed E-state index contributed by atoms with van der Waals surface area (Å²) >= 11 is 0. The average Bonchev–Trinajstić information content (AvgIpc) is 2.23. The van der Waals surface area contributed by atoms with Gasteiger partial charge in [0.1, 0.15) is 0 Å². The van der Waals surface area contributed by atoms with Gasteiger partial charge in [-0.15, -0.1) is 0 Å². The van der Waals surface area contributed by atoms with E-state index in [0.717, 1.165) is 19.0 Å². The minimum Gasteiger partial charge on any atom is -0.353 e. The number of rotatable bonds is 2. The summed E-state index contributed by atoms with van der Waals surface area (Å²) in [4.78, 5) is 1.93. The minimum atomic E-state index is 0.831. The fourth-order valence-corrected chi connectivity index (χ4v) is 2.10. The van der Waals surface area contributed by atoms with E-state index in [9.17, 15) is 0 Å². The van der Waals surface area contributed by atoms with Crippen molar-refractivity contribution in [1.82, 2.24) is 4.81 Å². The third-order valence-corrected chi connectivity index (χ3v) is 3.02. The van der Waals surface area contributed by atoms with Crippen LogP contribution in [0.1, 0.15) is 18.4 Å². The first-order chi connectivity index (χ1) is 6.84. The smallest absolute Gasteiger partial charge is 0.182 e. The molecule has 72 valence electrons. The van der Waals surface area contributed by atoms with Crippen molar-refractivity contribution in [3.63, 3.8) is 0 Å². The van der Waals surface area contributed by atoms with Gasteiger partial charge in [-0.05, 0) is 43.8 Å². The fourth-order valence-electron chi connectivity index (χ4n) is 2.10. The Kier molecular flexibility index (Phi) is 3.25. The van der Waals surface area contributed by atoms with E-state index >= 15 is 0 Å². The molecule has 1 aromatic rings. The van der Waals surface area contributed by atoms with Crippen molar-refractivity contribution in [3.05, 3.63) is 35.9 Å². The van der Waals surface area contributed by atoms with Crippen LogP contribution in [0.5, 0.6) is 0 Å². The second kappa shape index (κ2) is 4.65. The van der Waals surface area contributed by atoms with Gasteiger partial charge >= 0.3 is 0 Å². The van der Waals surface area contributed by atoms with Crippen LogP contribution in [0.15, 0.2) is 30.3 Å². The molecular weight excluding hydrogens is 169 g/mol. The summed E-state index contributed by atoms with van der Waals surface area (Å²) in [5, 5.41) is 0. The van der Waals surface area contributed by atoms with E-state index in [1.54, 1.807) is 0 Å². The zero-order chi connectivity index (χ0) is 9.80. The SMILES string of the molecule is [B]N1CCC(Cc2ccccc2)CC1. The van der Waals surface area contributed by atoms with E-state index in [4.69, 9.17) is 7.98 Å². The molecule has 0 spiro atoms. The Morgan fingerprint density at radius 2 is 1.79 bits per heavy atom. The van der Waals surface area contributed by atoms with Gasteiger partial charge in [-0.1, -0.05) is 30.3 Å². The average molecular weight is 185 g/mol. The molecule has 1 heterocycles. The zero-order valence-corrected chi connectivity index (χ0v) is 8.52. The highest BCUT2D eigenvalue weighted by Crippen LogP contribution is 2.20. The summed E-state index contributed by atoms with van der Waals surface area (Å²) in [6.45, 7) is 2.11. The van der Waals surface area contributed by atoms with E-state index in [1.165, 1.54) is 24.8 Å². The number of nitrogens with zero attached hydrogens (tertiary/aromatic N) is 1. The van der Waals surface area contributed by atoms with Gasteiger partial charge in [-0.3, -0.25) is 0 Å². The molecule has 0 saturated carbocycles. The molecule has 1 aromatic carbocycles. The van der Waals surface area contributed by atoms with Gasteiger partial charge in [0.05, 0.1) is 0 Å². The first-order valence-corrected chi connectivity index (χ1v) is 5.38. The monoisotopic (exact) mass is 185 g/mol. The molecule has 2 heteroatoms. The van der Waals surface area contributed by atoms with Gasteiger partial charge in [0.2, 0.25) is 0 Å². The molecule has 14 heavy (non-hydrogen) atoms. The third kappa shape index (κ3) is 2.61.